The molecule has 5 nitrogen and oxygen atoms in total. The van der Waals surface area contributed by atoms with Gasteiger partial charge in [0.15, 0.2) is 0 Å². The van der Waals surface area contributed by atoms with Crippen molar-refractivity contribution in [3.63, 3.8) is 0 Å². The number of aromatic nitrogens is 1. The van der Waals surface area contributed by atoms with Gasteiger partial charge in [-0.15, -0.1) is 0 Å². The highest BCUT2D eigenvalue weighted by Gasteiger charge is 2.19. The van der Waals surface area contributed by atoms with Gasteiger partial charge in [0.25, 0.3) is 5.91 Å². The number of halogens is 2. The van der Waals surface area contributed by atoms with E-state index in [-0.39, 0.29) is 5.75 Å². The van der Waals surface area contributed by atoms with Crippen LogP contribution in [0.1, 0.15) is 35.3 Å². The molecule has 4 N–H and O–H groups in total. The Morgan fingerprint density at radius 2 is 1.70 bits per heavy atom. The maximum absolute atomic E-state index is 11.8. The lowest BCUT2D eigenvalue weighted by Crippen LogP contribution is -2.21. The van der Waals surface area contributed by atoms with E-state index in [2.05, 4.69) is 5.32 Å². The number of hydrogen-bond donors (Lipinski definition) is 3. The summed E-state index contributed by atoms with van der Waals surface area (Å²) in [5.74, 6) is -0.360. The van der Waals surface area contributed by atoms with E-state index in [4.69, 9.17) is 28.9 Å². The zero-order chi connectivity index (χ0) is 21.7. The molecule has 0 spiro atoms. The molecule has 1 fully saturated rings. The van der Waals surface area contributed by atoms with Gasteiger partial charge in [-0.2, -0.15) is 0 Å². The summed E-state index contributed by atoms with van der Waals surface area (Å²) >= 11 is 12.3. The number of piperidine rings is 1. The molecule has 1 amide bonds. The maximum atomic E-state index is 11.8. The van der Waals surface area contributed by atoms with Crippen molar-refractivity contribution in [1.82, 2.24) is 9.88 Å². The molecule has 0 saturated carbocycles. The summed E-state index contributed by atoms with van der Waals surface area (Å²) in [5, 5.41) is 13.8. The number of nitrogens with zero attached hydrogens (tertiary/aromatic N) is 1. The molecule has 1 aliphatic heterocycles. The first-order chi connectivity index (χ1) is 14.4. The molecule has 2 aromatic carbocycles. The van der Waals surface area contributed by atoms with Crippen LogP contribution in [-0.2, 0) is 0 Å². The first kappa shape index (κ1) is 22.2. The molecule has 7 heteroatoms. The summed E-state index contributed by atoms with van der Waals surface area (Å²) in [6, 6.07) is 13.5. The first-order valence-electron chi connectivity index (χ1n) is 9.86. The topological polar surface area (TPSA) is 80.3 Å². The molecule has 0 unspecified atom stereocenters. The van der Waals surface area contributed by atoms with Crippen LogP contribution in [0.4, 0.5) is 0 Å². The fourth-order valence-electron chi connectivity index (χ4n) is 3.49. The van der Waals surface area contributed by atoms with Gasteiger partial charge in [0, 0.05) is 22.0 Å². The second-order valence-corrected chi connectivity index (χ2v) is 8.02. The summed E-state index contributed by atoms with van der Waals surface area (Å²) in [6.07, 6.45) is 4.22. The Morgan fingerprint density at radius 3 is 2.20 bits per heavy atom. The van der Waals surface area contributed by atoms with Crippen LogP contribution < -0.4 is 11.1 Å². The van der Waals surface area contributed by atoms with Gasteiger partial charge in [0.05, 0.1) is 16.3 Å². The van der Waals surface area contributed by atoms with Gasteiger partial charge in [-0.25, -0.2) is 0 Å². The van der Waals surface area contributed by atoms with Crippen LogP contribution in [0.15, 0.2) is 48.5 Å². The number of hydrogen-bond acceptors (Lipinski definition) is 3. The molecule has 4 rings (SSSR count). The highest BCUT2D eigenvalue weighted by Crippen LogP contribution is 2.35. The third-order valence-corrected chi connectivity index (χ3v) is 5.58. The number of nitrogens with two attached hydrogens (primary N) is 1. The van der Waals surface area contributed by atoms with E-state index in [9.17, 15) is 9.90 Å². The maximum Gasteiger partial charge on any atom is 0.250 e. The lowest BCUT2D eigenvalue weighted by molar-refractivity contribution is 0.0999. The number of phenolic OH excluding ortho intramolecular Hbond substituents is 1. The zero-order valence-electron chi connectivity index (χ0n) is 16.8. The molecular weight excluding hydrogens is 421 g/mol. The molecule has 30 heavy (non-hydrogen) atoms. The lowest BCUT2D eigenvalue weighted by atomic mass is 10.1. The van der Waals surface area contributed by atoms with Crippen molar-refractivity contribution in [1.29, 1.82) is 0 Å². The van der Waals surface area contributed by atoms with Crippen LogP contribution in [0.3, 0.4) is 0 Å². The minimum atomic E-state index is -0.517. The van der Waals surface area contributed by atoms with Gasteiger partial charge < -0.3 is 20.7 Å². The molecule has 0 atom stereocenters. The van der Waals surface area contributed by atoms with Crippen LogP contribution in [0.2, 0.25) is 10.0 Å². The van der Waals surface area contributed by atoms with E-state index in [1.54, 1.807) is 55.5 Å². The summed E-state index contributed by atoms with van der Waals surface area (Å²) in [7, 11) is 0. The number of amides is 1. The standard InChI is InChI=1S/C18H14Cl2N2O2.C5H11N/c1-10-15(18(21)24)9-17(14-7-2-11(19)8-16(14)20)22(10)12-3-5-13(23)6-4-12;1-2-4-6-5-3-1/h2-9,23H,1H3,(H2,21,24);6H,1-5H2. The van der Waals surface area contributed by atoms with Crippen LogP contribution in [0.5, 0.6) is 5.75 Å². The third kappa shape index (κ3) is 5.17. The average Bonchev–Trinajstić information content (AvgIpc) is 3.07. The van der Waals surface area contributed by atoms with E-state index >= 15 is 0 Å². The van der Waals surface area contributed by atoms with E-state index in [0.29, 0.717) is 27.0 Å². The minimum absolute atomic E-state index is 0.157. The minimum Gasteiger partial charge on any atom is -0.508 e. The first-order valence-corrected chi connectivity index (χ1v) is 10.6. The van der Waals surface area contributed by atoms with E-state index in [1.807, 2.05) is 4.57 Å². The third-order valence-electron chi connectivity index (χ3n) is 5.03. The average molecular weight is 446 g/mol. The van der Waals surface area contributed by atoms with E-state index < -0.39 is 5.91 Å². The summed E-state index contributed by atoms with van der Waals surface area (Å²) < 4.78 is 1.87. The number of carbonyl (C=O) groups is 1. The molecule has 158 valence electrons. The second-order valence-electron chi connectivity index (χ2n) is 7.18. The fourth-order valence-corrected chi connectivity index (χ4v) is 3.99. The Kier molecular flexibility index (Phi) is 7.43. The van der Waals surface area contributed by atoms with Crippen molar-refractivity contribution in [2.75, 3.05) is 13.1 Å². The number of phenols is 1. The van der Waals surface area contributed by atoms with Gasteiger partial charge in [-0.3, -0.25) is 4.79 Å². The molecule has 3 aromatic rings. The Hall–Kier alpha value is -2.47. The quantitative estimate of drug-likeness (QED) is 0.509. The molecule has 1 saturated heterocycles. The largest absolute Gasteiger partial charge is 0.508 e. The van der Waals surface area contributed by atoms with Gasteiger partial charge >= 0.3 is 0 Å². The van der Waals surface area contributed by atoms with Gasteiger partial charge in [-0.1, -0.05) is 29.6 Å². The Labute approximate surface area is 186 Å². The fraction of sp³-hybridized carbons (Fsp3) is 0.261. The Morgan fingerprint density at radius 1 is 1.03 bits per heavy atom. The van der Waals surface area contributed by atoms with Crippen molar-refractivity contribution >= 4 is 29.1 Å². The van der Waals surface area contributed by atoms with E-state index in [1.165, 1.54) is 32.4 Å². The summed E-state index contributed by atoms with van der Waals surface area (Å²) in [5.41, 5.74) is 8.81. The number of primary amides is 1. The van der Waals surface area contributed by atoms with Crippen molar-refractivity contribution < 1.29 is 9.90 Å². The van der Waals surface area contributed by atoms with Gasteiger partial charge in [0.1, 0.15) is 5.75 Å². The molecule has 1 aliphatic rings. The lowest BCUT2D eigenvalue weighted by Gasteiger charge is -2.13. The summed E-state index contributed by atoms with van der Waals surface area (Å²) in [4.78, 5) is 11.8. The second kappa shape index (κ2) is 10.0. The van der Waals surface area contributed by atoms with Crippen LogP contribution in [0.25, 0.3) is 16.9 Å². The molecule has 0 aliphatic carbocycles. The van der Waals surface area contributed by atoms with Crippen molar-refractivity contribution in [3.05, 3.63) is 69.8 Å². The number of aromatic hydroxyl groups is 1. The van der Waals surface area contributed by atoms with E-state index in [0.717, 1.165) is 11.3 Å². The zero-order valence-corrected chi connectivity index (χ0v) is 18.3. The number of carbonyl (C=O) groups excluding carboxylic acids is 1. The van der Waals surface area contributed by atoms with Crippen molar-refractivity contribution in [2.45, 2.75) is 26.2 Å². The molecular formula is C23H25Cl2N3O2. The normalized spacial score (nSPS) is 13.4. The number of rotatable bonds is 3. The molecule has 2 heterocycles. The smallest absolute Gasteiger partial charge is 0.250 e. The number of benzene rings is 2. The van der Waals surface area contributed by atoms with Crippen LogP contribution >= 0.6 is 23.2 Å². The van der Waals surface area contributed by atoms with Crippen molar-refractivity contribution in [2.24, 2.45) is 5.73 Å². The monoisotopic (exact) mass is 445 g/mol. The van der Waals surface area contributed by atoms with Crippen LogP contribution in [0, 0.1) is 6.92 Å². The summed E-state index contributed by atoms with van der Waals surface area (Å²) in [6.45, 7) is 4.31. The highest BCUT2D eigenvalue weighted by molar-refractivity contribution is 6.36. The predicted molar refractivity (Wildman–Crippen MR) is 123 cm³/mol. The van der Waals surface area contributed by atoms with Crippen molar-refractivity contribution in [3.8, 4) is 22.7 Å². The molecule has 1 aromatic heterocycles. The molecule has 0 bridgehead atoms. The molecule has 0 radical (unpaired) electrons. The SMILES string of the molecule is C1CCNCC1.Cc1c(C(N)=O)cc(-c2ccc(Cl)cc2Cl)n1-c1ccc(O)cc1. The van der Waals surface area contributed by atoms with Gasteiger partial charge in [-0.05, 0) is 81.4 Å². The van der Waals surface area contributed by atoms with Gasteiger partial charge in [0.2, 0.25) is 0 Å². The highest BCUT2D eigenvalue weighted by atomic mass is 35.5. The Balaban J connectivity index is 0.000000367. The van der Waals surface area contributed by atoms with Crippen LogP contribution in [-0.4, -0.2) is 28.7 Å². The Bertz CT molecular complexity index is 1010. The predicted octanol–water partition coefficient (Wildman–Crippen LogP) is 5.32. The number of nitrogens with one attached hydrogen (secondary N) is 1.